The van der Waals surface area contributed by atoms with Gasteiger partial charge < -0.3 is 25.2 Å². The van der Waals surface area contributed by atoms with Crippen LogP contribution in [0.2, 0.25) is 0 Å². The van der Waals surface area contributed by atoms with Crippen molar-refractivity contribution in [1.29, 1.82) is 0 Å². The van der Waals surface area contributed by atoms with Crippen LogP contribution >= 0.6 is 0 Å². The quantitative estimate of drug-likeness (QED) is 0.206. The summed E-state index contributed by atoms with van der Waals surface area (Å²) in [6.07, 6.45) is 18.0. The second-order valence-corrected chi connectivity index (χ2v) is 15.9. The lowest BCUT2D eigenvalue weighted by Crippen LogP contribution is -2.67. The van der Waals surface area contributed by atoms with Crippen molar-refractivity contribution in [3.63, 3.8) is 0 Å². The van der Waals surface area contributed by atoms with Gasteiger partial charge in [0.1, 0.15) is 0 Å². The highest BCUT2D eigenvalue weighted by Gasteiger charge is 2.74. The van der Waals surface area contributed by atoms with Gasteiger partial charge in [0.25, 0.3) is 0 Å². The molecule has 7 rings (SSSR count). The Morgan fingerprint density at radius 3 is 2.44 bits per heavy atom. The summed E-state index contributed by atoms with van der Waals surface area (Å²) >= 11 is 0. The molecule has 7 nitrogen and oxygen atoms in total. The van der Waals surface area contributed by atoms with Crippen molar-refractivity contribution >= 4 is 5.78 Å². The van der Waals surface area contributed by atoms with Crippen molar-refractivity contribution in [2.75, 3.05) is 40.0 Å². The second-order valence-electron chi connectivity index (χ2n) is 15.9. The summed E-state index contributed by atoms with van der Waals surface area (Å²) < 4.78 is 5.30. The fraction of sp³-hybridized carbons (Fsp3) is 0.861. The van der Waals surface area contributed by atoms with Gasteiger partial charge in [0.05, 0.1) is 24.4 Å². The standard InChI is InChI=1S/C36H57NO6/c1-32-13-10-26(39)20-34(32)16-17-36(28(21-34)31(41)25-8-5-4-6-9-25)29(32)11-14-33(2)30(36)12-15-35(33,42)24-37(18-7-19-43-3)22-27(40)23-38/h16-17,21,25-27,29-30,38-40,42H,4-15,18-20,22-24H2,1-3H3/t26?,27-,29+,30+,32+,33-,34-,35+,36+/m0/s1. The van der Waals surface area contributed by atoms with E-state index in [4.69, 9.17) is 4.74 Å². The summed E-state index contributed by atoms with van der Waals surface area (Å²) in [5.41, 5.74) is -1.04. The van der Waals surface area contributed by atoms with Crippen LogP contribution < -0.4 is 0 Å². The molecule has 7 aliphatic carbocycles. The first kappa shape index (κ1) is 31.9. The maximum absolute atomic E-state index is 14.7. The first-order valence-electron chi connectivity index (χ1n) is 17.4. The number of Topliss-reactive ketones (excluding diaryl/α,β-unsaturated/α-hetero) is 1. The van der Waals surface area contributed by atoms with Crippen LogP contribution in [-0.4, -0.2) is 88.9 Å². The van der Waals surface area contributed by atoms with E-state index in [1.54, 1.807) is 7.11 Å². The van der Waals surface area contributed by atoms with Crippen molar-refractivity contribution in [1.82, 2.24) is 4.90 Å². The van der Waals surface area contributed by atoms with Crippen LogP contribution in [0.4, 0.5) is 0 Å². The number of carbonyl (C=O) groups excluding carboxylic acids is 1. The van der Waals surface area contributed by atoms with Crippen molar-refractivity contribution in [2.45, 2.75) is 115 Å². The van der Waals surface area contributed by atoms with E-state index in [0.29, 0.717) is 50.8 Å². The van der Waals surface area contributed by atoms with Gasteiger partial charge in [-0.3, -0.25) is 9.69 Å². The van der Waals surface area contributed by atoms with Gasteiger partial charge in [0.2, 0.25) is 0 Å². The Bertz CT molecular complexity index is 1120. The van der Waals surface area contributed by atoms with Crippen LogP contribution in [0, 0.1) is 39.4 Å². The lowest BCUT2D eigenvalue weighted by atomic mass is 9.32. The molecular weight excluding hydrogens is 542 g/mol. The molecule has 242 valence electrons. The summed E-state index contributed by atoms with van der Waals surface area (Å²) in [5.74, 6) is 0.898. The normalized spacial score (nSPS) is 44.6. The molecule has 7 heteroatoms. The number of rotatable bonds is 11. The van der Waals surface area contributed by atoms with Crippen LogP contribution in [0.5, 0.6) is 0 Å². The zero-order valence-electron chi connectivity index (χ0n) is 26.9. The number of hydrogen-bond donors (Lipinski definition) is 4. The number of hydrogen-bond acceptors (Lipinski definition) is 7. The molecule has 2 bridgehead atoms. The predicted molar refractivity (Wildman–Crippen MR) is 166 cm³/mol. The highest BCUT2D eigenvalue weighted by Crippen LogP contribution is 2.78. The Labute approximate surface area is 258 Å². The first-order chi connectivity index (χ1) is 20.5. The number of allylic oxidation sites excluding steroid dienone is 4. The Morgan fingerprint density at radius 1 is 1.02 bits per heavy atom. The molecule has 7 aliphatic rings. The van der Waals surface area contributed by atoms with Crippen molar-refractivity contribution in [2.24, 2.45) is 39.4 Å². The van der Waals surface area contributed by atoms with E-state index >= 15 is 0 Å². The second kappa shape index (κ2) is 11.6. The molecule has 0 aromatic rings. The molecule has 0 aromatic carbocycles. The monoisotopic (exact) mass is 599 g/mol. The maximum Gasteiger partial charge on any atom is 0.162 e. The van der Waals surface area contributed by atoms with Crippen molar-refractivity contribution in [3.8, 4) is 0 Å². The van der Waals surface area contributed by atoms with E-state index in [9.17, 15) is 25.2 Å². The Kier molecular flexibility index (Phi) is 8.61. The van der Waals surface area contributed by atoms with Gasteiger partial charge in [0, 0.05) is 61.1 Å². The summed E-state index contributed by atoms with van der Waals surface area (Å²) in [7, 11) is 1.69. The number of carbonyl (C=O) groups is 1. The predicted octanol–water partition coefficient (Wildman–Crippen LogP) is 4.42. The molecule has 4 saturated carbocycles. The van der Waals surface area contributed by atoms with E-state index in [1.807, 2.05) is 0 Å². The fourth-order valence-electron chi connectivity index (χ4n) is 11.6. The minimum Gasteiger partial charge on any atom is -0.394 e. The minimum absolute atomic E-state index is 0.0171. The number of aliphatic hydroxyl groups is 4. The fourth-order valence-corrected chi connectivity index (χ4v) is 11.6. The maximum atomic E-state index is 14.7. The number of fused-ring (bicyclic) bond motifs is 1. The molecular formula is C36H57NO6. The average molecular weight is 600 g/mol. The van der Waals surface area contributed by atoms with E-state index in [1.165, 1.54) is 6.42 Å². The first-order valence-corrected chi connectivity index (χ1v) is 17.4. The molecule has 4 fully saturated rings. The molecule has 0 heterocycles. The number of ether oxygens (including phenoxy) is 1. The summed E-state index contributed by atoms with van der Waals surface area (Å²) in [5, 5.41) is 43.6. The number of nitrogens with zero attached hydrogens (tertiary/aromatic N) is 1. The molecule has 9 atom stereocenters. The highest BCUT2D eigenvalue weighted by atomic mass is 16.5. The van der Waals surface area contributed by atoms with Gasteiger partial charge in [0.15, 0.2) is 5.78 Å². The summed E-state index contributed by atoms with van der Waals surface area (Å²) in [4.78, 5) is 16.8. The molecule has 4 N–H and O–H groups in total. The third kappa shape index (κ3) is 4.77. The van der Waals surface area contributed by atoms with Gasteiger partial charge in [-0.2, -0.15) is 0 Å². The van der Waals surface area contributed by atoms with Crippen molar-refractivity contribution in [3.05, 3.63) is 23.8 Å². The Morgan fingerprint density at radius 2 is 1.72 bits per heavy atom. The SMILES string of the molecule is COCCCN(C[C@H](O)CO)C[C@]1(O)CC[C@H]2[C@]34C=C[C@@]5(C=C3C(=O)C3CCCCC3)CC(O)CC[C@]5(C)[C@H]4CC[C@@]21C. The molecule has 1 unspecified atom stereocenters. The lowest BCUT2D eigenvalue weighted by molar-refractivity contribution is -0.180. The molecule has 0 amide bonds. The summed E-state index contributed by atoms with van der Waals surface area (Å²) in [6.45, 7) is 6.45. The van der Waals surface area contributed by atoms with E-state index < -0.39 is 22.5 Å². The molecule has 0 aliphatic heterocycles. The topological polar surface area (TPSA) is 110 Å². The van der Waals surface area contributed by atoms with Crippen LogP contribution in [0.25, 0.3) is 0 Å². The van der Waals surface area contributed by atoms with Gasteiger partial charge in [-0.05, 0) is 81.5 Å². The number of methoxy groups -OCH3 is 1. The largest absolute Gasteiger partial charge is 0.394 e. The molecule has 0 aromatic heterocycles. The highest BCUT2D eigenvalue weighted by molar-refractivity contribution is 6.00. The van der Waals surface area contributed by atoms with E-state index in [-0.39, 0.29) is 35.4 Å². The smallest absolute Gasteiger partial charge is 0.162 e. The number of aliphatic hydroxyl groups excluding tert-OH is 3. The third-order valence-electron chi connectivity index (χ3n) is 13.9. The van der Waals surface area contributed by atoms with Gasteiger partial charge in [-0.15, -0.1) is 0 Å². The van der Waals surface area contributed by atoms with E-state index in [2.05, 4.69) is 37.0 Å². The average Bonchev–Trinajstić information content (AvgIpc) is 3.27. The molecule has 0 saturated heterocycles. The van der Waals surface area contributed by atoms with Gasteiger partial charge in [-0.25, -0.2) is 0 Å². The van der Waals surface area contributed by atoms with E-state index in [0.717, 1.165) is 69.8 Å². The van der Waals surface area contributed by atoms with Crippen LogP contribution in [0.1, 0.15) is 97.3 Å². The molecule has 43 heavy (non-hydrogen) atoms. The van der Waals surface area contributed by atoms with Crippen LogP contribution in [-0.2, 0) is 9.53 Å². The zero-order chi connectivity index (χ0) is 30.7. The minimum atomic E-state index is -0.970. The summed E-state index contributed by atoms with van der Waals surface area (Å²) in [6, 6.07) is 0. The lowest BCUT2D eigenvalue weighted by Gasteiger charge is -2.71. The van der Waals surface area contributed by atoms with Gasteiger partial charge >= 0.3 is 0 Å². The van der Waals surface area contributed by atoms with Gasteiger partial charge in [-0.1, -0.05) is 51.3 Å². The third-order valence-corrected chi connectivity index (χ3v) is 13.9. The van der Waals surface area contributed by atoms with Crippen LogP contribution in [0.15, 0.2) is 23.8 Å². The van der Waals surface area contributed by atoms with Crippen molar-refractivity contribution < 1.29 is 30.0 Å². The van der Waals surface area contributed by atoms with Crippen LogP contribution in [0.3, 0.4) is 0 Å². The Balaban J connectivity index is 1.39. The zero-order valence-corrected chi connectivity index (χ0v) is 26.9. The molecule has 0 radical (unpaired) electrons. The molecule has 2 spiro atoms. The Hall–Kier alpha value is -1.09. The number of ketones is 1.